The standard InChI is InChI=1S/C19H20N6O5/c1-29-19-22-14(21-18(23-19)24-6-8-30-9-7-24)10-20-15(26)11-25-16(27)12-4-2-3-5-13(12)17(25)28/h2-5H,6-11H2,1H3,(H,20,26). The maximum absolute atomic E-state index is 12.4. The first-order valence-electron chi connectivity index (χ1n) is 9.40. The minimum Gasteiger partial charge on any atom is -0.467 e. The number of nitrogens with one attached hydrogen (secondary N) is 1. The molecule has 0 bridgehead atoms. The number of aromatic nitrogens is 3. The number of ether oxygens (including phenoxy) is 2. The van der Waals surface area contributed by atoms with Gasteiger partial charge in [-0.3, -0.25) is 19.3 Å². The van der Waals surface area contributed by atoms with Crippen molar-refractivity contribution in [3.8, 4) is 6.01 Å². The molecule has 1 aromatic carbocycles. The number of anilines is 1. The monoisotopic (exact) mass is 412 g/mol. The summed E-state index contributed by atoms with van der Waals surface area (Å²) in [7, 11) is 1.45. The summed E-state index contributed by atoms with van der Waals surface area (Å²) >= 11 is 0. The second kappa shape index (κ2) is 8.41. The highest BCUT2D eigenvalue weighted by Crippen LogP contribution is 2.22. The van der Waals surface area contributed by atoms with Crippen LogP contribution in [0.2, 0.25) is 0 Å². The lowest BCUT2D eigenvalue weighted by atomic mass is 10.1. The molecule has 0 radical (unpaired) electrons. The van der Waals surface area contributed by atoms with Crippen LogP contribution in [0.4, 0.5) is 5.95 Å². The predicted octanol–water partition coefficient (Wildman–Crippen LogP) is -0.371. The van der Waals surface area contributed by atoms with Crippen molar-refractivity contribution in [2.45, 2.75) is 6.54 Å². The Hall–Kier alpha value is -3.60. The summed E-state index contributed by atoms with van der Waals surface area (Å²) in [6.07, 6.45) is 0. The largest absolute Gasteiger partial charge is 0.467 e. The molecule has 0 unspecified atom stereocenters. The lowest BCUT2D eigenvalue weighted by Gasteiger charge is -2.26. The van der Waals surface area contributed by atoms with E-state index in [1.165, 1.54) is 7.11 Å². The fraction of sp³-hybridized carbons (Fsp3) is 0.368. The van der Waals surface area contributed by atoms with E-state index in [0.29, 0.717) is 49.2 Å². The zero-order valence-corrected chi connectivity index (χ0v) is 16.3. The Balaban J connectivity index is 1.40. The smallest absolute Gasteiger partial charge is 0.321 e. The van der Waals surface area contributed by atoms with E-state index in [-0.39, 0.29) is 19.1 Å². The van der Waals surface area contributed by atoms with Crippen LogP contribution in [-0.4, -0.2) is 77.5 Å². The summed E-state index contributed by atoms with van der Waals surface area (Å²) in [5.41, 5.74) is 0.598. The second-order valence-corrected chi connectivity index (χ2v) is 6.66. The topological polar surface area (TPSA) is 127 Å². The van der Waals surface area contributed by atoms with Crippen LogP contribution in [0.5, 0.6) is 6.01 Å². The number of hydrogen-bond donors (Lipinski definition) is 1. The molecule has 1 fully saturated rings. The maximum Gasteiger partial charge on any atom is 0.321 e. The fourth-order valence-corrected chi connectivity index (χ4v) is 3.22. The summed E-state index contributed by atoms with van der Waals surface area (Å²) in [6, 6.07) is 6.62. The van der Waals surface area contributed by atoms with Crippen LogP contribution in [0.3, 0.4) is 0 Å². The lowest BCUT2D eigenvalue weighted by Crippen LogP contribution is -2.40. The quantitative estimate of drug-likeness (QED) is 0.632. The van der Waals surface area contributed by atoms with Crippen molar-refractivity contribution < 1.29 is 23.9 Å². The zero-order valence-electron chi connectivity index (χ0n) is 16.3. The molecule has 0 spiro atoms. The molecule has 156 valence electrons. The zero-order chi connectivity index (χ0) is 21.1. The van der Waals surface area contributed by atoms with E-state index in [1.807, 2.05) is 4.90 Å². The van der Waals surface area contributed by atoms with Crippen LogP contribution in [0, 0.1) is 0 Å². The van der Waals surface area contributed by atoms with Gasteiger partial charge in [-0.05, 0) is 12.1 Å². The molecule has 3 heterocycles. The van der Waals surface area contributed by atoms with Crippen molar-refractivity contribution in [3.05, 3.63) is 41.2 Å². The van der Waals surface area contributed by atoms with Crippen LogP contribution >= 0.6 is 0 Å². The van der Waals surface area contributed by atoms with Crippen molar-refractivity contribution >= 4 is 23.7 Å². The first kappa shape index (κ1) is 19.7. The molecule has 30 heavy (non-hydrogen) atoms. The van der Waals surface area contributed by atoms with E-state index in [0.717, 1.165) is 4.90 Å². The number of fused-ring (bicyclic) bond motifs is 1. The van der Waals surface area contributed by atoms with Crippen LogP contribution in [0.1, 0.15) is 26.5 Å². The Morgan fingerprint density at radius 1 is 1.10 bits per heavy atom. The van der Waals surface area contributed by atoms with Gasteiger partial charge in [0.05, 0.1) is 38.0 Å². The molecule has 2 aliphatic heterocycles. The molecule has 3 amide bonds. The van der Waals surface area contributed by atoms with E-state index < -0.39 is 17.7 Å². The van der Waals surface area contributed by atoms with Crippen molar-refractivity contribution in [1.82, 2.24) is 25.2 Å². The first-order valence-corrected chi connectivity index (χ1v) is 9.40. The van der Waals surface area contributed by atoms with Crippen molar-refractivity contribution in [1.29, 1.82) is 0 Å². The van der Waals surface area contributed by atoms with Gasteiger partial charge in [-0.2, -0.15) is 15.0 Å². The number of nitrogens with zero attached hydrogens (tertiary/aromatic N) is 5. The molecule has 1 aromatic heterocycles. The van der Waals surface area contributed by atoms with Crippen molar-refractivity contribution in [2.75, 3.05) is 44.9 Å². The number of hydrogen-bond acceptors (Lipinski definition) is 9. The van der Waals surface area contributed by atoms with Crippen LogP contribution in [0.25, 0.3) is 0 Å². The van der Waals surface area contributed by atoms with E-state index in [4.69, 9.17) is 9.47 Å². The second-order valence-electron chi connectivity index (χ2n) is 6.66. The highest BCUT2D eigenvalue weighted by atomic mass is 16.5. The van der Waals surface area contributed by atoms with E-state index in [2.05, 4.69) is 20.3 Å². The summed E-state index contributed by atoms with van der Waals surface area (Å²) in [4.78, 5) is 52.8. The minimum absolute atomic E-state index is 0.00176. The van der Waals surface area contributed by atoms with Crippen molar-refractivity contribution in [3.63, 3.8) is 0 Å². The third kappa shape index (κ3) is 3.92. The molecular weight excluding hydrogens is 392 g/mol. The molecule has 4 rings (SSSR count). The van der Waals surface area contributed by atoms with Crippen LogP contribution in [-0.2, 0) is 16.1 Å². The number of morpholine rings is 1. The third-order valence-electron chi connectivity index (χ3n) is 4.75. The molecule has 11 heteroatoms. The number of carbonyl (C=O) groups is 3. The van der Waals surface area contributed by atoms with Gasteiger partial charge in [0.1, 0.15) is 6.54 Å². The number of amides is 3. The summed E-state index contributed by atoms with van der Waals surface area (Å²) in [5.74, 6) is -0.727. The van der Waals surface area contributed by atoms with E-state index >= 15 is 0 Å². The molecule has 0 saturated carbocycles. The number of benzene rings is 1. The minimum atomic E-state index is -0.503. The van der Waals surface area contributed by atoms with Gasteiger partial charge in [-0.25, -0.2) is 0 Å². The Labute approximate surface area is 172 Å². The van der Waals surface area contributed by atoms with Gasteiger partial charge in [0, 0.05) is 13.1 Å². The summed E-state index contributed by atoms with van der Waals surface area (Å²) in [6.45, 7) is 2.03. The normalized spacial score (nSPS) is 15.9. The molecule has 11 nitrogen and oxygen atoms in total. The number of rotatable bonds is 6. The third-order valence-corrected chi connectivity index (χ3v) is 4.75. The predicted molar refractivity (Wildman–Crippen MR) is 103 cm³/mol. The fourth-order valence-electron chi connectivity index (χ4n) is 3.22. The van der Waals surface area contributed by atoms with Crippen LogP contribution in [0.15, 0.2) is 24.3 Å². The molecule has 2 aliphatic rings. The highest BCUT2D eigenvalue weighted by molar-refractivity contribution is 6.22. The van der Waals surface area contributed by atoms with Gasteiger partial charge >= 0.3 is 6.01 Å². The average molecular weight is 412 g/mol. The summed E-state index contributed by atoms with van der Waals surface area (Å²) in [5, 5.41) is 2.64. The Morgan fingerprint density at radius 2 is 1.77 bits per heavy atom. The molecule has 0 atom stereocenters. The molecule has 2 aromatic rings. The summed E-state index contributed by atoms with van der Waals surface area (Å²) < 4.78 is 10.5. The van der Waals surface area contributed by atoms with Crippen molar-refractivity contribution in [2.24, 2.45) is 0 Å². The van der Waals surface area contributed by atoms with Gasteiger partial charge in [-0.15, -0.1) is 0 Å². The molecule has 0 aliphatic carbocycles. The van der Waals surface area contributed by atoms with Gasteiger partial charge < -0.3 is 19.7 Å². The number of methoxy groups -OCH3 is 1. The molecule has 1 saturated heterocycles. The first-order chi connectivity index (χ1) is 14.6. The van der Waals surface area contributed by atoms with E-state index in [9.17, 15) is 14.4 Å². The molecule has 1 N–H and O–H groups in total. The average Bonchev–Trinajstić information content (AvgIpc) is 3.03. The van der Waals surface area contributed by atoms with Crippen LogP contribution < -0.4 is 15.0 Å². The highest BCUT2D eigenvalue weighted by Gasteiger charge is 2.36. The number of imide groups is 1. The van der Waals surface area contributed by atoms with Gasteiger partial charge in [0.25, 0.3) is 11.8 Å². The maximum atomic E-state index is 12.4. The van der Waals surface area contributed by atoms with Gasteiger partial charge in [0.15, 0.2) is 5.82 Å². The SMILES string of the molecule is COc1nc(CNC(=O)CN2C(=O)c3ccccc3C2=O)nc(N2CCOCC2)n1. The van der Waals surface area contributed by atoms with Gasteiger partial charge in [0.2, 0.25) is 11.9 Å². The lowest BCUT2D eigenvalue weighted by molar-refractivity contribution is -0.121. The molecular formula is C19H20N6O5. The van der Waals surface area contributed by atoms with E-state index in [1.54, 1.807) is 24.3 Å². The Morgan fingerprint density at radius 3 is 2.40 bits per heavy atom. The van der Waals surface area contributed by atoms with Gasteiger partial charge in [-0.1, -0.05) is 12.1 Å². The Kier molecular flexibility index (Phi) is 5.53. The number of carbonyl (C=O) groups excluding carboxylic acids is 3. The Bertz CT molecular complexity index is 956.